The smallest absolute Gasteiger partial charge is 0.331 e. The molecule has 2 aromatic rings. The molecular weight excluding hydrogens is 415 g/mol. The number of hydrogen-bond donors (Lipinski definition) is 0. The van der Waals surface area contributed by atoms with E-state index in [0.29, 0.717) is 16.6 Å². The van der Waals surface area contributed by atoms with Gasteiger partial charge in [0.25, 0.3) is 0 Å². The first-order valence-corrected chi connectivity index (χ1v) is 11.0. The zero-order valence-electron chi connectivity index (χ0n) is 15.6. The Labute approximate surface area is 179 Å². The molecule has 28 heavy (non-hydrogen) atoms. The summed E-state index contributed by atoms with van der Waals surface area (Å²) in [6.07, 6.45) is 0. The van der Waals surface area contributed by atoms with Gasteiger partial charge in [-0.1, -0.05) is 47.5 Å². The molecular formula is C21H22Cl2N2O2S. The zero-order chi connectivity index (χ0) is 19.9. The number of halogens is 2. The summed E-state index contributed by atoms with van der Waals surface area (Å²) in [6.45, 7) is 2.44. The third-order valence-electron chi connectivity index (χ3n) is 4.53. The topological polar surface area (TPSA) is 41.9 Å². The number of rotatable bonds is 6. The number of nitrogens with zero attached hydrogens (tertiary/aromatic N) is 2. The van der Waals surface area contributed by atoms with Crippen LogP contribution in [0.25, 0.3) is 0 Å². The Morgan fingerprint density at radius 3 is 2.00 bits per heavy atom. The number of esters is 1. The first-order valence-electron chi connectivity index (χ1n) is 9.04. The molecule has 7 heteroatoms. The minimum Gasteiger partial charge on any atom is -0.467 e. The van der Waals surface area contributed by atoms with Crippen LogP contribution >= 0.6 is 35.0 Å². The number of ether oxygens (including phenoxy) is 1. The number of hydrogen-bond acceptors (Lipinski definition) is 5. The second kappa shape index (κ2) is 10.3. The van der Waals surface area contributed by atoms with Gasteiger partial charge in [0.1, 0.15) is 0 Å². The first kappa shape index (κ1) is 21.2. The lowest BCUT2D eigenvalue weighted by Crippen LogP contribution is -2.41. The monoisotopic (exact) mass is 436 g/mol. The van der Waals surface area contributed by atoms with Crippen molar-refractivity contribution >= 4 is 46.6 Å². The van der Waals surface area contributed by atoms with Crippen molar-refractivity contribution in [2.24, 2.45) is 4.99 Å². The third kappa shape index (κ3) is 5.74. The molecule has 1 aliphatic heterocycles. The van der Waals surface area contributed by atoms with E-state index in [1.807, 2.05) is 60.3 Å². The van der Waals surface area contributed by atoms with Crippen molar-refractivity contribution in [3.63, 3.8) is 0 Å². The third-order valence-corrected chi connectivity index (χ3v) is 5.97. The summed E-state index contributed by atoms with van der Waals surface area (Å²) < 4.78 is 5.04. The largest absolute Gasteiger partial charge is 0.467 e. The van der Waals surface area contributed by atoms with Crippen LogP contribution in [0, 0.1) is 0 Å². The number of aliphatic imine (C=N–C) groups is 1. The van der Waals surface area contributed by atoms with Crippen molar-refractivity contribution < 1.29 is 9.53 Å². The number of carbonyl (C=O) groups is 1. The van der Waals surface area contributed by atoms with Gasteiger partial charge in [0.15, 0.2) is 6.04 Å². The lowest BCUT2D eigenvalue weighted by Gasteiger charge is -2.28. The molecule has 1 heterocycles. The van der Waals surface area contributed by atoms with Crippen molar-refractivity contribution in [2.45, 2.75) is 6.04 Å². The van der Waals surface area contributed by atoms with Gasteiger partial charge in [-0.3, -0.25) is 9.89 Å². The Bertz CT molecular complexity index is 772. The van der Waals surface area contributed by atoms with E-state index in [-0.39, 0.29) is 5.97 Å². The molecule has 0 aromatic heterocycles. The summed E-state index contributed by atoms with van der Waals surface area (Å²) >= 11 is 14.0. The van der Waals surface area contributed by atoms with Gasteiger partial charge in [0, 0.05) is 52.3 Å². The SMILES string of the molecule is COC(=O)C(CN1CCSCC1)N=C(c1ccc(Cl)cc1)c1ccc(Cl)cc1. The van der Waals surface area contributed by atoms with Crippen molar-refractivity contribution in [1.82, 2.24) is 4.90 Å². The molecule has 1 unspecified atom stereocenters. The molecule has 0 amide bonds. The average Bonchev–Trinajstić information content (AvgIpc) is 2.73. The number of benzene rings is 2. The molecule has 1 aliphatic rings. The average molecular weight is 437 g/mol. The van der Waals surface area contributed by atoms with Crippen molar-refractivity contribution in [3.8, 4) is 0 Å². The molecule has 0 N–H and O–H groups in total. The maximum Gasteiger partial charge on any atom is 0.331 e. The molecule has 0 radical (unpaired) electrons. The van der Waals surface area contributed by atoms with Crippen molar-refractivity contribution in [2.75, 3.05) is 38.2 Å². The van der Waals surface area contributed by atoms with E-state index < -0.39 is 6.04 Å². The highest BCUT2D eigenvalue weighted by atomic mass is 35.5. The lowest BCUT2D eigenvalue weighted by atomic mass is 10.0. The Morgan fingerprint density at radius 1 is 1.04 bits per heavy atom. The summed E-state index contributed by atoms with van der Waals surface area (Å²) in [4.78, 5) is 19.6. The summed E-state index contributed by atoms with van der Waals surface area (Å²) in [5.74, 6) is 1.80. The van der Waals surface area contributed by atoms with Gasteiger partial charge in [0.05, 0.1) is 12.8 Å². The highest BCUT2D eigenvalue weighted by Gasteiger charge is 2.24. The van der Waals surface area contributed by atoms with Crippen LogP contribution in [-0.2, 0) is 9.53 Å². The van der Waals surface area contributed by atoms with E-state index in [4.69, 9.17) is 32.9 Å². The van der Waals surface area contributed by atoms with E-state index in [1.165, 1.54) is 7.11 Å². The Kier molecular flexibility index (Phi) is 7.80. The van der Waals surface area contributed by atoms with Gasteiger partial charge in [0.2, 0.25) is 0 Å². The molecule has 0 aliphatic carbocycles. The van der Waals surface area contributed by atoms with Gasteiger partial charge in [-0.05, 0) is 24.3 Å². The lowest BCUT2D eigenvalue weighted by molar-refractivity contribution is -0.142. The van der Waals surface area contributed by atoms with Crippen LogP contribution in [0.5, 0.6) is 0 Å². The van der Waals surface area contributed by atoms with Crippen LogP contribution in [0.2, 0.25) is 10.0 Å². The fraction of sp³-hybridized carbons (Fsp3) is 0.333. The van der Waals surface area contributed by atoms with Crippen LogP contribution in [-0.4, -0.2) is 60.9 Å². The van der Waals surface area contributed by atoms with Gasteiger partial charge in [-0.2, -0.15) is 11.8 Å². The zero-order valence-corrected chi connectivity index (χ0v) is 17.9. The first-order chi connectivity index (χ1) is 13.6. The normalized spacial score (nSPS) is 15.7. The number of methoxy groups -OCH3 is 1. The van der Waals surface area contributed by atoms with Crippen molar-refractivity contribution in [3.05, 3.63) is 69.7 Å². The molecule has 1 saturated heterocycles. The van der Waals surface area contributed by atoms with Gasteiger partial charge >= 0.3 is 5.97 Å². The minimum atomic E-state index is -0.602. The van der Waals surface area contributed by atoms with E-state index in [0.717, 1.165) is 41.4 Å². The van der Waals surface area contributed by atoms with Crippen LogP contribution in [0.3, 0.4) is 0 Å². The second-order valence-corrected chi connectivity index (χ2v) is 8.54. The maximum atomic E-state index is 12.5. The highest BCUT2D eigenvalue weighted by Crippen LogP contribution is 2.19. The van der Waals surface area contributed by atoms with E-state index in [2.05, 4.69) is 4.90 Å². The Balaban J connectivity index is 1.98. The van der Waals surface area contributed by atoms with E-state index in [9.17, 15) is 4.79 Å². The van der Waals surface area contributed by atoms with Crippen LogP contribution in [0.15, 0.2) is 53.5 Å². The van der Waals surface area contributed by atoms with E-state index in [1.54, 1.807) is 0 Å². The molecule has 0 bridgehead atoms. The Morgan fingerprint density at radius 2 is 1.54 bits per heavy atom. The standard InChI is InChI=1S/C21H22Cl2N2O2S/c1-27-21(26)19(14-25-10-12-28-13-11-25)24-20(15-2-6-17(22)7-3-15)16-4-8-18(23)9-5-16/h2-9,19H,10-14H2,1H3. The minimum absolute atomic E-state index is 0.335. The number of carbonyl (C=O) groups excluding carboxylic acids is 1. The maximum absolute atomic E-state index is 12.5. The molecule has 1 fully saturated rings. The van der Waals surface area contributed by atoms with E-state index >= 15 is 0 Å². The molecule has 148 valence electrons. The van der Waals surface area contributed by atoms with Crippen LogP contribution in [0.4, 0.5) is 0 Å². The molecule has 0 spiro atoms. The molecule has 1 atom stereocenters. The fourth-order valence-corrected chi connectivity index (χ4v) is 4.25. The fourth-order valence-electron chi connectivity index (χ4n) is 3.02. The van der Waals surface area contributed by atoms with Gasteiger partial charge in [-0.15, -0.1) is 0 Å². The van der Waals surface area contributed by atoms with Crippen LogP contribution in [0.1, 0.15) is 11.1 Å². The predicted octanol–water partition coefficient (Wildman–Crippen LogP) is 4.42. The van der Waals surface area contributed by atoms with Gasteiger partial charge < -0.3 is 4.74 Å². The summed E-state index contributed by atoms with van der Waals surface area (Å²) in [5, 5.41) is 1.30. The summed E-state index contributed by atoms with van der Waals surface area (Å²) in [7, 11) is 1.40. The quantitative estimate of drug-likeness (QED) is 0.496. The molecule has 3 rings (SSSR count). The number of thioether (sulfide) groups is 1. The molecule has 0 saturated carbocycles. The Hall–Kier alpha value is -1.53. The molecule has 2 aromatic carbocycles. The van der Waals surface area contributed by atoms with Crippen LogP contribution < -0.4 is 0 Å². The highest BCUT2D eigenvalue weighted by molar-refractivity contribution is 7.99. The van der Waals surface area contributed by atoms with Crippen molar-refractivity contribution in [1.29, 1.82) is 0 Å². The summed E-state index contributed by atoms with van der Waals surface area (Å²) in [5.41, 5.74) is 2.49. The predicted molar refractivity (Wildman–Crippen MR) is 118 cm³/mol. The second-order valence-electron chi connectivity index (χ2n) is 6.44. The summed E-state index contributed by atoms with van der Waals surface area (Å²) in [6, 6.07) is 14.3. The van der Waals surface area contributed by atoms with Gasteiger partial charge in [-0.25, -0.2) is 4.79 Å². The molecule has 4 nitrogen and oxygen atoms in total.